The highest BCUT2D eigenvalue weighted by Crippen LogP contribution is 2.55. The number of aromatic nitrogens is 9. The minimum Gasteiger partial charge on any atom is -0.436 e. The summed E-state index contributed by atoms with van der Waals surface area (Å²) in [4.78, 5) is 49.2. The molecule has 0 saturated heterocycles. The number of pyridine rings is 3. The molecule has 0 spiro atoms. The van der Waals surface area contributed by atoms with Crippen LogP contribution in [-0.2, 0) is 0 Å². The molecule has 0 aliphatic heterocycles. The molecule has 18 aromatic carbocycles. The van der Waals surface area contributed by atoms with Gasteiger partial charge in [-0.3, -0.25) is 0 Å². The van der Waals surface area contributed by atoms with Crippen LogP contribution < -0.4 is 0 Å². The van der Waals surface area contributed by atoms with Gasteiger partial charge in [-0.2, -0.15) is 0 Å². The van der Waals surface area contributed by atoms with E-state index >= 15 is 0 Å². The van der Waals surface area contributed by atoms with Crippen molar-refractivity contribution in [3.63, 3.8) is 0 Å². The van der Waals surface area contributed by atoms with E-state index in [0.29, 0.717) is 23.4 Å². The average molecular weight is 1870 g/mol. The number of hydrogen-bond acceptors (Lipinski definition) is 13. The third-order valence-electron chi connectivity index (χ3n) is 26.0. The van der Waals surface area contributed by atoms with Crippen LogP contribution in [-0.4, -0.2) is 44.9 Å². The zero-order valence-corrected chi connectivity index (χ0v) is 78.9. The second-order valence-corrected chi connectivity index (χ2v) is 37.8. The molecule has 0 saturated carbocycles. The number of fused-ring (bicyclic) bond motifs is 11. The fourth-order valence-corrected chi connectivity index (χ4v) is 23.2. The predicted molar refractivity (Wildman–Crippen MR) is 592 cm³/mol. The number of oxazole rings is 1. The maximum atomic E-state index is 6.05. The van der Waals surface area contributed by atoms with Crippen LogP contribution in [0.4, 0.5) is 0 Å². The van der Waals surface area contributed by atoms with Crippen LogP contribution in [0.5, 0.6) is 0 Å². The summed E-state index contributed by atoms with van der Waals surface area (Å²) in [6.07, 6.45) is 0. The fourth-order valence-electron chi connectivity index (χ4n) is 19.2. The molecule has 9 heterocycles. The Morgan fingerprint density at radius 3 is 0.796 bits per heavy atom. The summed E-state index contributed by atoms with van der Waals surface area (Å²) in [7, 11) is 0. The molecule has 27 aromatic rings. The summed E-state index contributed by atoms with van der Waals surface area (Å²) in [5.41, 5.74) is 31.5. The second-order valence-electron chi connectivity index (χ2n) is 34.8. The first-order valence-electron chi connectivity index (χ1n) is 47.3. The summed E-state index contributed by atoms with van der Waals surface area (Å²) < 4.78 is 9.78. The Morgan fingerprint density at radius 1 is 0.155 bits per heavy atom. The van der Waals surface area contributed by atoms with Crippen molar-refractivity contribution in [2.24, 2.45) is 0 Å². The van der Waals surface area contributed by atoms with E-state index in [1.807, 2.05) is 143 Å². The lowest BCUT2D eigenvalue weighted by molar-refractivity contribution is 0.620. The van der Waals surface area contributed by atoms with Crippen LogP contribution in [0, 0.1) is 0 Å². The van der Waals surface area contributed by atoms with Gasteiger partial charge >= 0.3 is 0 Å². The number of rotatable bonds is 16. The molecule has 0 bridgehead atoms. The molecule has 0 amide bonds. The first-order chi connectivity index (χ1) is 70.4. The van der Waals surface area contributed by atoms with Gasteiger partial charge in [0.2, 0.25) is 5.89 Å². The maximum absolute atomic E-state index is 6.05. The zero-order valence-electron chi connectivity index (χ0n) is 76.4. The highest BCUT2D eigenvalue weighted by molar-refractivity contribution is 7.25. The molecule has 10 nitrogen and oxygen atoms in total. The van der Waals surface area contributed by atoms with Gasteiger partial charge in [0, 0.05) is 133 Å². The molecular weight excluding hydrogens is 1790 g/mol. The van der Waals surface area contributed by atoms with Crippen molar-refractivity contribution in [3.05, 3.63) is 491 Å². The molecule has 0 fully saturated rings. The van der Waals surface area contributed by atoms with E-state index in [1.165, 1.54) is 94.8 Å². The van der Waals surface area contributed by atoms with Crippen LogP contribution in [0.3, 0.4) is 0 Å². The average Bonchev–Trinajstić information content (AvgIpc) is 1.57. The van der Waals surface area contributed by atoms with E-state index in [0.717, 1.165) is 145 Å². The molecule has 13 heteroatoms. The normalized spacial score (nSPS) is 11.4. The summed E-state index contributed by atoms with van der Waals surface area (Å²) in [6, 6.07) is 171. The van der Waals surface area contributed by atoms with E-state index in [-0.39, 0.29) is 0 Å². The third-order valence-corrected chi connectivity index (χ3v) is 29.8. The SMILES string of the molecule is c1ccc(-c2cccc(-c3sc4c(c(-c5ccccc5)nc5ccccc54)c3-c3ccc(-c4nc(-c5ccccc5)nc(-c5ccccc5)n4)cc3)c2)cc1.c1ccc(-c2nc(-c3ccc(-c4c(-c5ccccc5)sc5c4c(-c4ccccc4)nc4ccccc45)cc3)c3ccccc3n2)cc1.c1ccc(-c2sc3c(c(-c4ccccc4)nc4ccccc43)c2-c2ccc(-c3nc4ccccc4o3)cc2)cc1. The van der Waals surface area contributed by atoms with Gasteiger partial charge in [0.05, 0.1) is 44.8 Å². The van der Waals surface area contributed by atoms with Crippen molar-refractivity contribution >= 4 is 119 Å². The van der Waals surface area contributed by atoms with Gasteiger partial charge in [0.25, 0.3) is 0 Å². The summed E-state index contributed by atoms with van der Waals surface area (Å²) in [5, 5.41) is 8.06. The molecule has 9 aromatic heterocycles. The standard InChI is InChI=1S/C50H32N4S.C43H27N3S.C36H22N2OS/c1-5-16-33(17-6-1)39-24-15-25-40(32-39)46-43(44-45(35-18-7-2-8-19-35)51-42-27-14-13-26-41(42)47(44)55-46)34-28-30-38(31-29-34)50-53-48(36-20-9-3-10-21-36)52-49(54-50)37-22-11-4-12-23-37;1-4-14-29(15-5-1)40-38-37(41(31-16-6-2-7-17-31)47-42(38)34-21-11-13-23-36(34)44-40)28-24-26-30(27-25-28)39-33-20-10-12-22-35(33)45-43(46-39)32-18-8-3-9-19-32;1-3-11-24(12-4-1)33-32-31(23-19-21-26(22-20-23)36-38-29-17-9-10-18-30(29)39-36)34(25-13-5-2-6-14-25)40-35(32)27-15-7-8-16-28(27)37-33/h1-32H;1-27H;1-22H. The van der Waals surface area contributed by atoms with E-state index in [1.54, 1.807) is 0 Å². The van der Waals surface area contributed by atoms with E-state index in [9.17, 15) is 0 Å². The Hall–Kier alpha value is -18.1. The highest BCUT2D eigenvalue weighted by atomic mass is 32.1. The first-order valence-corrected chi connectivity index (χ1v) is 49.7. The Kier molecular flexibility index (Phi) is 22.7. The van der Waals surface area contributed by atoms with Crippen molar-refractivity contribution in [1.29, 1.82) is 0 Å². The van der Waals surface area contributed by atoms with Crippen LogP contribution in [0.2, 0.25) is 0 Å². The first kappa shape index (κ1) is 85.5. The summed E-state index contributed by atoms with van der Waals surface area (Å²) in [6.45, 7) is 0. The predicted octanol–water partition coefficient (Wildman–Crippen LogP) is 35.3. The van der Waals surface area contributed by atoms with Crippen molar-refractivity contribution in [2.45, 2.75) is 0 Å². The lowest BCUT2D eigenvalue weighted by atomic mass is 9.93. The van der Waals surface area contributed by atoms with Crippen molar-refractivity contribution in [1.82, 2.24) is 44.9 Å². The number of benzene rings is 18. The lowest BCUT2D eigenvalue weighted by Crippen LogP contribution is -2.00. The van der Waals surface area contributed by atoms with E-state index < -0.39 is 0 Å². The quantitative estimate of drug-likeness (QED) is 0.0922. The second kappa shape index (κ2) is 37.8. The summed E-state index contributed by atoms with van der Waals surface area (Å²) >= 11 is 5.54. The third kappa shape index (κ3) is 16.5. The van der Waals surface area contributed by atoms with E-state index in [4.69, 9.17) is 49.3 Å². The van der Waals surface area contributed by atoms with Gasteiger partial charge in [-0.25, -0.2) is 44.9 Å². The molecule has 0 aliphatic carbocycles. The van der Waals surface area contributed by atoms with Crippen LogP contribution in [0.1, 0.15) is 0 Å². The molecule has 27 rings (SSSR count). The lowest BCUT2D eigenvalue weighted by Gasteiger charge is -2.12. The molecule has 0 unspecified atom stereocenters. The number of hydrogen-bond donors (Lipinski definition) is 0. The topological polar surface area (TPSA) is 129 Å². The molecule has 666 valence electrons. The van der Waals surface area contributed by atoms with Gasteiger partial charge < -0.3 is 4.42 Å². The minimum absolute atomic E-state index is 0.628. The molecule has 0 radical (unpaired) electrons. The minimum atomic E-state index is 0.628. The van der Waals surface area contributed by atoms with Gasteiger partial charge in [-0.05, 0) is 99.1 Å². The van der Waals surface area contributed by atoms with Crippen molar-refractivity contribution in [2.75, 3.05) is 0 Å². The Labute approximate surface area is 831 Å². The molecule has 0 aliphatic rings. The van der Waals surface area contributed by atoms with Crippen LogP contribution in [0.15, 0.2) is 496 Å². The number of para-hydroxylation sites is 6. The highest BCUT2D eigenvalue weighted by Gasteiger charge is 2.29. The smallest absolute Gasteiger partial charge is 0.227 e. The largest absolute Gasteiger partial charge is 0.436 e. The van der Waals surface area contributed by atoms with E-state index in [2.05, 4.69) is 382 Å². The Balaban J connectivity index is 0.000000113. The monoisotopic (exact) mass is 1870 g/mol. The van der Waals surface area contributed by atoms with Gasteiger partial charge in [-0.15, -0.1) is 34.0 Å². The van der Waals surface area contributed by atoms with Gasteiger partial charge in [0.1, 0.15) is 5.52 Å². The molecular formula is C129H81N9OS3. The summed E-state index contributed by atoms with van der Waals surface area (Å²) in [5.74, 6) is 3.27. The number of nitrogens with zero attached hydrogens (tertiary/aromatic N) is 9. The molecule has 0 N–H and O–H groups in total. The number of thiophene rings is 3. The van der Waals surface area contributed by atoms with Crippen molar-refractivity contribution in [3.8, 4) is 178 Å². The van der Waals surface area contributed by atoms with Crippen molar-refractivity contribution < 1.29 is 4.42 Å². The van der Waals surface area contributed by atoms with Crippen LogP contribution in [0.25, 0.3) is 263 Å². The van der Waals surface area contributed by atoms with Gasteiger partial charge in [0.15, 0.2) is 28.9 Å². The molecule has 0 atom stereocenters. The molecule has 142 heavy (non-hydrogen) atoms. The maximum Gasteiger partial charge on any atom is 0.227 e. The zero-order chi connectivity index (χ0) is 94.2. The van der Waals surface area contributed by atoms with Crippen LogP contribution >= 0.6 is 34.0 Å². The Morgan fingerprint density at radius 2 is 0.415 bits per heavy atom. The fraction of sp³-hybridized carbons (Fsp3) is 0. The van der Waals surface area contributed by atoms with Gasteiger partial charge in [-0.1, -0.05) is 437 Å². The Bertz CT molecular complexity index is 9250.